The summed E-state index contributed by atoms with van der Waals surface area (Å²) in [5.74, 6) is 0. The highest BCUT2D eigenvalue weighted by Gasteiger charge is 2.53. The predicted molar refractivity (Wildman–Crippen MR) is 354 cm³/mol. The van der Waals surface area contributed by atoms with Gasteiger partial charge in [0.2, 0.25) is 0 Å². The topological polar surface area (TPSA) is 3.24 Å². The lowest BCUT2D eigenvalue weighted by atomic mass is 9.67. The molecule has 3 aliphatic rings. The maximum Gasteiger partial charge on any atom is 0.0726 e. The molecule has 0 aliphatic heterocycles. The SMILES string of the molecule is CC(C)(C)c1ccc(C2(c3ccc(C(C)(C)C)cc3)c3ccccc3-c3ccc(N(c4cccc(-c5ccccc5)c4)c4ccc5c(c4)C4(c6cc(C(C)(C)C)ccc6-5)c5cc(C(C)(C)C)ccc5-c5ccc(C(C)(C)C)cc54)cc32)cc1. The van der Waals surface area contributed by atoms with Crippen molar-refractivity contribution in [3.8, 4) is 44.5 Å². The molecule has 0 radical (unpaired) electrons. The van der Waals surface area contributed by atoms with E-state index in [1.807, 2.05) is 0 Å². The van der Waals surface area contributed by atoms with Gasteiger partial charge in [-0.1, -0.05) is 286 Å². The quantitative estimate of drug-likeness (QED) is 0.160. The van der Waals surface area contributed by atoms with Crippen LogP contribution in [-0.4, -0.2) is 0 Å². The van der Waals surface area contributed by atoms with Crippen molar-refractivity contribution in [2.75, 3.05) is 4.90 Å². The van der Waals surface area contributed by atoms with Crippen molar-refractivity contribution in [1.29, 1.82) is 0 Å². The second-order valence-electron chi connectivity index (χ2n) is 29.4. The Bertz CT molecular complexity index is 4030. The normalized spacial score (nSPS) is 14.6. The molecule has 0 atom stereocenters. The molecule has 0 unspecified atom stereocenters. The van der Waals surface area contributed by atoms with Gasteiger partial charge in [-0.3, -0.25) is 0 Å². The van der Waals surface area contributed by atoms with Crippen LogP contribution in [0.15, 0.2) is 218 Å². The monoisotopic (exact) mass is 1080 g/mol. The molecule has 1 heteroatoms. The molecule has 414 valence electrons. The van der Waals surface area contributed by atoms with Gasteiger partial charge in [-0.05, 0) is 180 Å². The number of anilines is 3. The van der Waals surface area contributed by atoms with Crippen LogP contribution in [-0.2, 0) is 37.9 Å². The first-order valence-electron chi connectivity index (χ1n) is 30.3. The molecule has 0 fully saturated rings. The molecule has 0 saturated carbocycles. The Morgan fingerprint density at radius 2 is 0.554 bits per heavy atom. The Labute approximate surface area is 496 Å². The maximum atomic E-state index is 2.60. The molecule has 1 nitrogen and oxygen atoms in total. The summed E-state index contributed by atoms with van der Waals surface area (Å²) in [4.78, 5) is 2.57. The molecule has 10 aromatic carbocycles. The van der Waals surface area contributed by atoms with Crippen molar-refractivity contribution in [3.05, 3.63) is 291 Å². The Morgan fingerprint density at radius 1 is 0.229 bits per heavy atom. The van der Waals surface area contributed by atoms with Crippen LogP contribution in [0.1, 0.15) is 176 Å². The van der Waals surface area contributed by atoms with Crippen LogP contribution >= 0.6 is 0 Å². The summed E-state index contributed by atoms with van der Waals surface area (Å²) in [5.41, 5.74) is 29.4. The van der Waals surface area contributed by atoms with Gasteiger partial charge in [0, 0.05) is 17.1 Å². The summed E-state index contributed by atoms with van der Waals surface area (Å²) in [6.07, 6.45) is 0. The van der Waals surface area contributed by atoms with Gasteiger partial charge >= 0.3 is 0 Å². The Kier molecular flexibility index (Phi) is 12.3. The number of benzene rings is 10. The van der Waals surface area contributed by atoms with Crippen LogP contribution in [0, 0.1) is 0 Å². The summed E-state index contributed by atoms with van der Waals surface area (Å²) in [5, 5.41) is 0. The lowest BCUT2D eigenvalue weighted by Gasteiger charge is -2.36. The van der Waals surface area contributed by atoms with Crippen LogP contribution in [0.4, 0.5) is 17.1 Å². The fourth-order valence-electron chi connectivity index (χ4n) is 14.3. The average molecular weight is 1080 g/mol. The molecular formula is C82H81N. The third-order valence-corrected chi connectivity index (χ3v) is 19.0. The van der Waals surface area contributed by atoms with E-state index in [1.54, 1.807) is 0 Å². The molecule has 0 saturated heterocycles. The molecule has 3 aliphatic carbocycles. The van der Waals surface area contributed by atoms with E-state index in [-0.39, 0.29) is 27.1 Å². The largest absolute Gasteiger partial charge is 0.310 e. The minimum absolute atomic E-state index is 0.00457. The van der Waals surface area contributed by atoms with Gasteiger partial charge in [-0.15, -0.1) is 0 Å². The number of fused-ring (bicyclic) bond motifs is 13. The van der Waals surface area contributed by atoms with E-state index in [0.717, 1.165) is 17.1 Å². The predicted octanol–water partition coefficient (Wildman–Crippen LogP) is 22.0. The maximum absolute atomic E-state index is 2.60. The molecule has 0 aromatic heterocycles. The van der Waals surface area contributed by atoms with Gasteiger partial charge in [0.1, 0.15) is 0 Å². The lowest BCUT2D eigenvalue weighted by Crippen LogP contribution is -2.29. The van der Waals surface area contributed by atoms with Crippen molar-refractivity contribution in [2.24, 2.45) is 0 Å². The first-order chi connectivity index (χ1) is 39.3. The highest BCUT2D eigenvalue weighted by Crippen LogP contribution is 2.65. The van der Waals surface area contributed by atoms with Crippen LogP contribution in [0.5, 0.6) is 0 Å². The second-order valence-corrected chi connectivity index (χ2v) is 29.4. The van der Waals surface area contributed by atoms with Gasteiger partial charge < -0.3 is 4.90 Å². The number of hydrogen-bond acceptors (Lipinski definition) is 1. The zero-order valence-electron chi connectivity index (χ0n) is 51.7. The van der Waals surface area contributed by atoms with E-state index >= 15 is 0 Å². The average Bonchev–Trinajstić information content (AvgIpc) is 1.79. The van der Waals surface area contributed by atoms with Crippen molar-refractivity contribution in [3.63, 3.8) is 0 Å². The van der Waals surface area contributed by atoms with Gasteiger partial charge in [0.15, 0.2) is 0 Å². The molecule has 0 heterocycles. The molecule has 83 heavy (non-hydrogen) atoms. The van der Waals surface area contributed by atoms with Gasteiger partial charge in [0.25, 0.3) is 0 Å². The lowest BCUT2D eigenvalue weighted by molar-refractivity contribution is 0.584. The van der Waals surface area contributed by atoms with Crippen LogP contribution in [0.25, 0.3) is 44.5 Å². The van der Waals surface area contributed by atoms with Crippen molar-refractivity contribution in [2.45, 2.75) is 142 Å². The Hall–Kier alpha value is -8.00. The smallest absolute Gasteiger partial charge is 0.0726 e. The van der Waals surface area contributed by atoms with Crippen molar-refractivity contribution < 1.29 is 0 Å². The van der Waals surface area contributed by atoms with Gasteiger partial charge in [-0.2, -0.15) is 0 Å². The van der Waals surface area contributed by atoms with Crippen LogP contribution in [0.2, 0.25) is 0 Å². The van der Waals surface area contributed by atoms with E-state index in [1.165, 1.54) is 117 Å². The van der Waals surface area contributed by atoms with E-state index in [9.17, 15) is 0 Å². The summed E-state index contributed by atoms with van der Waals surface area (Å²) in [6, 6.07) is 85.6. The van der Waals surface area contributed by atoms with Crippen molar-refractivity contribution >= 4 is 17.1 Å². The third-order valence-electron chi connectivity index (χ3n) is 19.0. The minimum atomic E-state index is -0.618. The molecule has 0 amide bonds. The molecule has 0 bridgehead atoms. The second kappa shape index (κ2) is 18.8. The van der Waals surface area contributed by atoms with E-state index in [2.05, 4.69) is 327 Å². The minimum Gasteiger partial charge on any atom is -0.310 e. The number of hydrogen-bond donors (Lipinski definition) is 0. The van der Waals surface area contributed by atoms with Crippen LogP contribution < -0.4 is 4.90 Å². The molecule has 10 aromatic rings. The van der Waals surface area contributed by atoms with E-state index in [4.69, 9.17) is 0 Å². The highest BCUT2D eigenvalue weighted by molar-refractivity contribution is 5.98. The first-order valence-corrected chi connectivity index (χ1v) is 30.3. The number of rotatable bonds is 6. The highest BCUT2D eigenvalue weighted by atomic mass is 15.1. The Balaban J connectivity index is 1.12. The Morgan fingerprint density at radius 3 is 0.976 bits per heavy atom. The molecular weight excluding hydrogens is 999 g/mol. The zero-order chi connectivity index (χ0) is 58.4. The number of nitrogens with zero attached hydrogens (tertiary/aromatic N) is 1. The summed E-state index contributed by atoms with van der Waals surface area (Å²) >= 11 is 0. The molecule has 1 spiro atoms. The van der Waals surface area contributed by atoms with Gasteiger partial charge in [-0.25, -0.2) is 0 Å². The van der Waals surface area contributed by atoms with Crippen LogP contribution in [0.3, 0.4) is 0 Å². The summed E-state index contributed by atoms with van der Waals surface area (Å²) < 4.78 is 0. The summed E-state index contributed by atoms with van der Waals surface area (Å²) in [6.45, 7) is 35.1. The first kappa shape index (κ1) is 54.3. The van der Waals surface area contributed by atoms with Gasteiger partial charge in [0.05, 0.1) is 10.8 Å². The molecule has 0 N–H and O–H groups in total. The van der Waals surface area contributed by atoms with E-state index in [0.29, 0.717) is 0 Å². The zero-order valence-corrected chi connectivity index (χ0v) is 51.7. The fourth-order valence-corrected chi connectivity index (χ4v) is 14.3. The fraction of sp³-hybridized carbons (Fsp3) is 0.268. The third kappa shape index (κ3) is 8.54. The summed E-state index contributed by atoms with van der Waals surface area (Å²) in [7, 11) is 0. The molecule has 13 rings (SSSR count). The van der Waals surface area contributed by atoms with Crippen molar-refractivity contribution in [1.82, 2.24) is 0 Å². The van der Waals surface area contributed by atoms with E-state index < -0.39 is 10.8 Å². The standard InChI is InChI=1S/C82H81N/c1-76(2,3)54-28-32-56(33-29-54)81(57-34-30-55(31-35-57)77(4,5)6)70-27-20-19-26-64(70)68-44-39-62(50-74(68)81)83(61-25-21-24-53(46-61)52-22-17-16-18-23-52)63-40-45-69-67-43-38-60(80(13,14)15)49-73(67)82(75(69)51-63)71-47-58(78(7,8)9)36-41-65(71)66-42-37-59(48-72(66)82)79(10,11)12/h16-51H,1-15H3.